The van der Waals surface area contributed by atoms with E-state index in [4.69, 9.17) is 9.26 Å². The molecule has 0 saturated heterocycles. The van der Waals surface area contributed by atoms with E-state index in [-0.39, 0.29) is 23.4 Å². The third-order valence-electron chi connectivity index (χ3n) is 2.84. The van der Waals surface area contributed by atoms with Crippen molar-refractivity contribution in [1.29, 1.82) is 0 Å². The van der Waals surface area contributed by atoms with E-state index in [1.807, 2.05) is 0 Å². The normalized spacial score (nSPS) is 10.7. The fourth-order valence-electron chi connectivity index (χ4n) is 1.81. The summed E-state index contributed by atoms with van der Waals surface area (Å²) in [7, 11) is 1.38. The minimum atomic E-state index is -0.441. The van der Waals surface area contributed by atoms with Crippen molar-refractivity contribution in [2.75, 3.05) is 7.11 Å². The summed E-state index contributed by atoms with van der Waals surface area (Å²) in [6, 6.07) is 1.17. The van der Waals surface area contributed by atoms with Crippen molar-refractivity contribution >= 4 is 5.91 Å². The van der Waals surface area contributed by atoms with Crippen molar-refractivity contribution in [3.8, 4) is 5.75 Å². The van der Waals surface area contributed by atoms with Gasteiger partial charge in [0.1, 0.15) is 5.69 Å². The molecule has 22 heavy (non-hydrogen) atoms. The molecule has 0 atom stereocenters. The van der Waals surface area contributed by atoms with Crippen molar-refractivity contribution in [3.05, 3.63) is 39.9 Å². The molecule has 2 rings (SSSR count). The topological polar surface area (TPSA) is 110 Å². The summed E-state index contributed by atoms with van der Waals surface area (Å²) in [5, 5.41) is 6.43. The van der Waals surface area contributed by atoms with Gasteiger partial charge in [-0.2, -0.15) is 4.98 Å². The SMILES string of the molecule is COc1c[nH]c(C(=O)NCc2nc(CC(C)C)no2)cc1=O. The van der Waals surface area contributed by atoms with Gasteiger partial charge in [-0.15, -0.1) is 0 Å². The molecule has 2 aromatic heterocycles. The lowest BCUT2D eigenvalue weighted by Gasteiger charge is -2.03. The molecule has 0 bridgehead atoms. The maximum absolute atomic E-state index is 11.9. The lowest BCUT2D eigenvalue weighted by Crippen LogP contribution is -2.25. The number of ether oxygens (including phenoxy) is 1. The molecule has 118 valence electrons. The van der Waals surface area contributed by atoms with Crippen LogP contribution in [0.15, 0.2) is 21.6 Å². The van der Waals surface area contributed by atoms with Gasteiger partial charge in [0.15, 0.2) is 11.6 Å². The Labute approximate surface area is 126 Å². The number of nitrogens with zero attached hydrogens (tertiary/aromatic N) is 2. The molecule has 0 aliphatic carbocycles. The maximum atomic E-state index is 11.9. The zero-order valence-corrected chi connectivity index (χ0v) is 12.7. The molecule has 0 saturated carbocycles. The van der Waals surface area contributed by atoms with E-state index in [9.17, 15) is 9.59 Å². The lowest BCUT2D eigenvalue weighted by molar-refractivity contribution is 0.0941. The summed E-state index contributed by atoms with van der Waals surface area (Å²) < 4.78 is 9.88. The fraction of sp³-hybridized carbons (Fsp3) is 0.429. The molecule has 0 aliphatic rings. The fourth-order valence-corrected chi connectivity index (χ4v) is 1.81. The number of aromatic amines is 1. The molecule has 1 amide bonds. The van der Waals surface area contributed by atoms with Gasteiger partial charge in [-0.25, -0.2) is 0 Å². The molecule has 2 heterocycles. The molecule has 0 aromatic carbocycles. The monoisotopic (exact) mass is 306 g/mol. The number of pyridine rings is 1. The van der Waals surface area contributed by atoms with Gasteiger partial charge >= 0.3 is 0 Å². The van der Waals surface area contributed by atoms with Crippen LogP contribution in [0.1, 0.15) is 36.1 Å². The molecular weight excluding hydrogens is 288 g/mol. The summed E-state index contributed by atoms with van der Waals surface area (Å²) >= 11 is 0. The first-order chi connectivity index (χ1) is 10.5. The summed E-state index contributed by atoms with van der Waals surface area (Å²) in [4.78, 5) is 30.4. The van der Waals surface area contributed by atoms with Crippen molar-refractivity contribution in [2.45, 2.75) is 26.8 Å². The Morgan fingerprint density at radius 2 is 2.27 bits per heavy atom. The molecule has 0 fully saturated rings. The van der Waals surface area contributed by atoms with Crippen LogP contribution in [-0.4, -0.2) is 28.1 Å². The van der Waals surface area contributed by atoms with Gasteiger partial charge in [-0.3, -0.25) is 9.59 Å². The van der Waals surface area contributed by atoms with E-state index in [2.05, 4.69) is 34.3 Å². The molecule has 0 radical (unpaired) electrons. The Balaban J connectivity index is 1.96. The first kappa shape index (κ1) is 15.7. The van der Waals surface area contributed by atoms with Gasteiger partial charge < -0.3 is 19.6 Å². The molecule has 2 aromatic rings. The van der Waals surface area contributed by atoms with E-state index in [1.165, 1.54) is 19.4 Å². The standard InChI is InChI=1S/C14H18N4O4/c1-8(2)4-12-17-13(22-18-12)7-16-14(20)9-5-10(19)11(21-3)6-15-9/h5-6,8H,4,7H2,1-3H3,(H,15,19)(H,16,20). The molecule has 8 heteroatoms. The van der Waals surface area contributed by atoms with Gasteiger partial charge in [0.25, 0.3) is 5.91 Å². The lowest BCUT2D eigenvalue weighted by atomic mass is 10.1. The predicted octanol–water partition coefficient (Wildman–Crippen LogP) is 0.895. The van der Waals surface area contributed by atoms with E-state index in [0.29, 0.717) is 24.1 Å². The second-order valence-electron chi connectivity index (χ2n) is 5.16. The number of H-pyrrole nitrogens is 1. The first-order valence-electron chi connectivity index (χ1n) is 6.86. The Morgan fingerprint density at radius 1 is 1.50 bits per heavy atom. The average molecular weight is 306 g/mol. The van der Waals surface area contributed by atoms with Crippen LogP contribution in [0.25, 0.3) is 0 Å². The largest absolute Gasteiger partial charge is 0.491 e. The van der Waals surface area contributed by atoms with Crippen molar-refractivity contribution < 1.29 is 14.1 Å². The smallest absolute Gasteiger partial charge is 0.268 e. The maximum Gasteiger partial charge on any atom is 0.268 e. The van der Waals surface area contributed by atoms with Gasteiger partial charge in [0.2, 0.25) is 11.3 Å². The van der Waals surface area contributed by atoms with E-state index < -0.39 is 5.91 Å². The van der Waals surface area contributed by atoms with Crippen LogP contribution in [-0.2, 0) is 13.0 Å². The number of nitrogens with one attached hydrogen (secondary N) is 2. The van der Waals surface area contributed by atoms with Crippen LogP contribution in [0.4, 0.5) is 0 Å². The molecule has 0 unspecified atom stereocenters. The second kappa shape index (κ2) is 6.88. The Hall–Kier alpha value is -2.64. The van der Waals surface area contributed by atoms with Crippen molar-refractivity contribution in [2.24, 2.45) is 5.92 Å². The zero-order chi connectivity index (χ0) is 16.1. The second-order valence-corrected chi connectivity index (χ2v) is 5.16. The summed E-state index contributed by atoms with van der Waals surface area (Å²) in [5.74, 6) is 1.05. The minimum Gasteiger partial charge on any atom is -0.491 e. The van der Waals surface area contributed by atoms with Crippen LogP contribution in [0.3, 0.4) is 0 Å². The third-order valence-corrected chi connectivity index (χ3v) is 2.84. The van der Waals surface area contributed by atoms with E-state index >= 15 is 0 Å². The van der Waals surface area contributed by atoms with Gasteiger partial charge in [-0.05, 0) is 5.92 Å². The highest BCUT2D eigenvalue weighted by atomic mass is 16.5. The number of hydrogen-bond acceptors (Lipinski definition) is 6. The average Bonchev–Trinajstić information content (AvgIpc) is 2.91. The van der Waals surface area contributed by atoms with Gasteiger partial charge in [0, 0.05) is 18.7 Å². The van der Waals surface area contributed by atoms with E-state index in [0.717, 1.165) is 0 Å². The highest BCUT2D eigenvalue weighted by Crippen LogP contribution is 2.05. The Morgan fingerprint density at radius 3 is 2.91 bits per heavy atom. The number of hydrogen-bond donors (Lipinski definition) is 2. The molecule has 0 spiro atoms. The summed E-state index contributed by atoms with van der Waals surface area (Å²) in [6.07, 6.45) is 2.05. The number of carbonyl (C=O) groups is 1. The molecule has 2 N–H and O–H groups in total. The molecular formula is C14H18N4O4. The van der Waals surface area contributed by atoms with Crippen LogP contribution in [0.5, 0.6) is 5.75 Å². The number of carbonyl (C=O) groups excluding carboxylic acids is 1. The van der Waals surface area contributed by atoms with Crippen LogP contribution >= 0.6 is 0 Å². The van der Waals surface area contributed by atoms with Gasteiger partial charge in [0.05, 0.1) is 13.7 Å². The highest BCUT2D eigenvalue weighted by Gasteiger charge is 2.12. The summed E-state index contributed by atoms with van der Waals surface area (Å²) in [5.41, 5.74) is -0.240. The molecule has 8 nitrogen and oxygen atoms in total. The predicted molar refractivity (Wildman–Crippen MR) is 77.6 cm³/mol. The quantitative estimate of drug-likeness (QED) is 0.820. The number of amides is 1. The number of rotatable bonds is 6. The summed E-state index contributed by atoms with van der Waals surface area (Å²) in [6.45, 7) is 4.20. The first-order valence-corrected chi connectivity index (χ1v) is 6.86. The number of aromatic nitrogens is 3. The third kappa shape index (κ3) is 3.94. The van der Waals surface area contributed by atoms with Gasteiger partial charge in [-0.1, -0.05) is 19.0 Å². The Bertz CT molecular complexity index is 705. The van der Waals surface area contributed by atoms with Crippen molar-refractivity contribution in [3.63, 3.8) is 0 Å². The van der Waals surface area contributed by atoms with E-state index in [1.54, 1.807) is 0 Å². The Kier molecular flexibility index (Phi) is 4.92. The van der Waals surface area contributed by atoms with Crippen LogP contribution < -0.4 is 15.5 Å². The van der Waals surface area contributed by atoms with Crippen LogP contribution in [0, 0.1) is 5.92 Å². The van der Waals surface area contributed by atoms with Crippen LogP contribution in [0.2, 0.25) is 0 Å². The minimum absolute atomic E-state index is 0.0952. The highest BCUT2D eigenvalue weighted by molar-refractivity contribution is 5.92. The van der Waals surface area contributed by atoms with Crippen molar-refractivity contribution in [1.82, 2.24) is 20.4 Å². The molecule has 0 aliphatic heterocycles. The number of methoxy groups -OCH3 is 1. The zero-order valence-electron chi connectivity index (χ0n) is 12.7.